The highest BCUT2D eigenvalue weighted by molar-refractivity contribution is 8.07. The number of hydrogen-bond donors (Lipinski definition) is 1. The second kappa shape index (κ2) is 11.9. The molecule has 0 spiro atoms. The number of halogens is 3. The van der Waals surface area contributed by atoms with Gasteiger partial charge in [-0.15, -0.1) is 0 Å². The first-order valence-corrected chi connectivity index (χ1v) is 12.9. The highest BCUT2D eigenvalue weighted by Crippen LogP contribution is 2.36. The molecule has 3 amide bonds. The number of urea groups is 1. The number of carbonyl (C=O) groups excluding carboxylic acids is 2. The molecule has 38 heavy (non-hydrogen) atoms. The SMILES string of the molecule is C=C(NC(=O)N1CCN(C)c2ccc(-c3cccc(C(F)(F)F)c3)nc21)S/C(C(=O)N(C)C)=C(/C)CCC. The second-order valence-corrected chi connectivity index (χ2v) is 10.3. The van der Waals surface area contributed by atoms with Crippen molar-refractivity contribution in [2.75, 3.05) is 44.0 Å². The number of fused-ring (bicyclic) bond motifs is 1. The molecule has 0 bridgehead atoms. The summed E-state index contributed by atoms with van der Waals surface area (Å²) in [6.45, 7) is 8.69. The summed E-state index contributed by atoms with van der Waals surface area (Å²) >= 11 is 1.11. The number of amides is 3. The van der Waals surface area contributed by atoms with E-state index in [-0.39, 0.29) is 10.9 Å². The molecule has 1 aromatic heterocycles. The van der Waals surface area contributed by atoms with Gasteiger partial charge in [0.2, 0.25) is 0 Å². The Morgan fingerprint density at radius 1 is 1.18 bits per heavy atom. The smallest absolute Gasteiger partial charge is 0.370 e. The number of nitrogens with zero attached hydrogens (tertiary/aromatic N) is 4. The number of pyridine rings is 1. The van der Waals surface area contributed by atoms with Crippen LogP contribution in [0.15, 0.2) is 58.5 Å². The molecule has 1 aromatic carbocycles. The number of anilines is 2. The van der Waals surface area contributed by atoms with Gasteiger partial charge in [-0.05, 0) is 37.6 Å². The normalized spacial score (nSPS) is 14.0. The first kappa shape index (κ1) is 29.1. The molecule has 0 fully saturated rings. The van der Waals surface area contributed by atoms with E-state index in [9.17, 15) is 22.8 Å². The number of aromatic nitrogens is 1. The van der Waals surface area contributed by atoms with E-state index in [2.05, 4.69) is 16.9 Å². The van der Waals surface area contributed by atoms with Crippen LogP contribution in [0.25, 0.3) is 11.3 Å². The second-order valence-electron chi connectivity index (χ2n) is 9.21. The fraction of sp³-hybridized carbons (Fsp3) is 0.370. The lowest BCUT2D eigenvalue weighted by molar-refractivity contribution is -0.137. The number of thioether (sulfide) groups is 1. The minimum atomic E-state index is -4.48. The number of allylic oxidation sites excluding steroid dienone is 1. The molecule has 204 valence electrons. The van der Waals surface area contributed by atoms with Crippen molar-refractivity contribution in [3.63, 3.8) is 0 Å². The molecule has 1 N–H and O–H groups in total. The molecule has 11 heteroatoms. The molecule has 1 aliphatic rings. The van der Waals surface area contributed by atoms with Crippen LogP contribution in [0, 0.1) is 0 Å². The Bertz CT molecular complexity index is 1260. The largest absolute Gasteiger partial charge is 0.416 e. The van der Waals surface area contributed by atoms with E-state index in [4.69, 9.17) is 0 Å². The molecule has 0 atom stereocenters. The molecule has 0 saturated heterocycles. The van der Waals surface area contributed by atoms with Gasteiger partial charge in [-0.25, -0.2) is 9.78 Å². The Kier molecular flexibility index (Phi) is 9.14. The molecule has 1 aliphatic heterocycles. The third kappa shape index (κ3) is 6.69. The maximum Gasteiger partial charge on any atom is 0.416 e. The van der Waals surface area contributed by atoms with Gasteiger partial charge in [0.25, 0.3) is 5.91 Å². The molecular weight excluding hydrogens is 515 g/mol. The van der Waals surface area contributed by atoms with Crippen LogP contribution in [0.2, 0.25) is 0 Å². The van der Waals surface area contributed by atoms with Crippen molar-refractivity contribution >= 4 is 35.2 Å². The molecule has 0 saturated carbocycles. The topological polar surface area (TPSA) is 68.8 Å². The zero-order valence-corrected chi connectivity index (χ0v) is 23.0. The Morgan fingerprint density at radius 2 is 1.89 bits per heavy atom. The number of alkyl halides is 3. The van der Waals surface area contributed by atoms with Crippen molar-refractivity contribution in [1.82, 2.24) is 15.2 Å². The number of benzene rings is 1. The van der Waals surface area contributed by atoms with Crippen LogP contribution in [0.5, 0.6) is 0 Å². The van der Waals surface area contributed by atoms with Crippen LogP contribution in [0.1, 0.15) is 32.3 Å². The van der Waals surface area contributed by atoms with Crippen LogP contribution >= 0.6 is 11.8 Å². The number of hydrogen-bond acceptors (Lipinski definition) is 5. The van der Waals surface area contributed by atoms with E-state index < -0.39 is 17.8 Å². The lowest BCUT2D eigenvalue weighted by atomic mass is 10.1. The van der Waals surface area contributed by atoms with E-state index in [1.165, 1.54) is 15.9 Å². The number of rotatable bonds is 7. The fourth-order valence-electron chi connectivity index (χ4n) is 3.97. The van der Waals surface area contributed by atoms with Crippen LogP contribution in [-0.4, -0.2) is 56.1 Å². The number of carbonyl (C=O) groups is 2. The molecule has 0 radical (unpaired) electrons. The van der Waals surface area contributed by atoms with Crippen molar-refractivity contribution in [2.24, 2.45) is 0 Å². The van der Waals surface area contributed by atoms with E-state index in [0.717, 1.165) is 42.3 Å². The van der Waals surface area contributed by atoms with Crippen LogP contribution in [-0.2, 0) is 11.0 Å². The average Bonchev–Trinajstić information content (AvgIpc) is 2.86. The minimum Gasteiger partial charge on any atom is -0.370 e. The first-order valence-electron chi connectivity index (χ1n) is 12.1. The highest BCUT2D eigenvalue weighted by Gasteiger charge is 2.31. The van der Waals surface area contributed by atoms with Gasteiger partial charge >= 0.3 is 12.2 Å². The van der Waals surface area contributed by atoms with Gasteiger partial charge in [0, 0.05) is 39.8 Å². The quantitative estimate of drug-likeness (QED) is 0.425. The molecular formula is C27H32F3N5O2S. The van der Waals surface area contributed by atoms with Crippen molar-refractivity contribution in [3.05, 3.63) is 64.0 Å². The summed E-state index contributed by atoms with van der Waals surface area (Å²) in [5.74, 6) is 0.153. The van der Waals surface area contributed by atoms with E-state index in [0.29, 0.717) is 40.8 Å². The third-order valence-corrected chi connectivity index (χ3v) is 7.07. The van der Waals surface area contributed by atoms with Crippen LogP contribution < -0.4 is 15.1 Å². The van der Waals surface area contributed by atoms with E-state index in [1.807, 2.05) is 25.8 Å². The molecule has 7 nitrogen and oxygen atoms in total. The summed E-state index contributed by atoms with van der Waals surface area (Å²) in [4.78, 5) is 36.0. The summed E-state index contributed by atoms with van der Waals surface area (Å²) < 4.78 is 39.7. The summed E-state index contributed by atoms with van der Waals surface area (Å²) in [6, 6.07) is 7.82. The highest BCUT2D eigenvalue weighted by atomic mass is 32.2. The van der Waals surface area contributed by atoms with Crippen molar-refractivity contribution in [2.45, 2.75) is 32.9 Å². The molecule has 3 rings (SSSR count). The van der Waals surface area contributed by atoms with Crippen LogP contribution in [0.3, 0.4) is 0 Å². The maximum atomic E-state index is 13.3. The average molecular weight is 548 g/mol. The predicted octanol–water partition coefficient (Wildman–Crippen LogP) is 6.10. The molecule has 0 unspecified atom stereocenters. The summed E-state index contributed by atoms with van der Waals surface area (Å²) in [5, 5.41) is 3.04. The van der Waals surface area contributed by atoms with Gasteiger partial charge in [0.15, 0.2) is 5.82 Å². The zero-order chi connectivity index (χ0) is 28.2. The monoisotopic (exact) mass is 547 g/mol. The van der Waals surface area contributed by atoms with Crippen molar-refractivity contribution in [1.29, 1.82) is 0 Å². The summed E-state index contributed by atoms with van der Waals surface area (Å²) in [6.07, 6.45) is -2.88. The Labute approximate surface area is 225 Å². The summed E-state index contributed by atoms with van der Waals surface area (Å²) in [5.41, 5.74) is 1.41. The number of nitrogens with one attached hydrogen (secondary N) is 1. The van der Waals surface area contributed by atoms with Gasteiger partial charge in [-0.1, -0.05) is 49.4 Å². The van der Waals surface area contributed by atoms with Gasteiger partial charge in [-0.3, -0.25) is 9.69 Å². The fourth-order valence-corrected chi connectivity index (χ4v) is 4.90. The van der Waals surface area contributed by atoms with Gasteiger partial charge in [-0.2, -0.15) is 13.2 Å². The summed E-state index contributed by atoms with van der Waals surface area (Å²) in [7, 11) is 5.19. The van der Waals surface area contributed by atoms with E-state index >= 15 is 0 Å². The van der Waals surface area contributed by atoms with Crippen molar-refractivity contribution < 1.29 is 22.8 Å². The maximum absolute atomic E-state index is 13.3. The standard InChI is InChI=1S/C27H32F3N5O2S/c1-7-9-17(2)23(25(36)33(4)5)38-18(3)31-26(37)35-15-14-34(6)22-13-12-21(32-24(22)35)19-10-8-11-20(16-19)27(28,29)30/h8,10-13,16H,3,7,9,14-15H2,1-2,4-6H3,(H,31,37)/b23-17-. The molecule has 2 heterocycles. The Hall–Kier alpha value is -3.47. The van der Waals surface area contributed by atoms with Gasteiger partial charge in [0.05, 0.1) is 26.9 Å². The van der Waals surface area contributed by atoms with E-state index in [1.54, 1.807) is 32.3 Å². The van der Waals surface area contributed by atoms with Gasteiger partial charge < -0.3 is 15.1 Å². The van der Waals surface area contributed by atoms with Crippen molar-refractivity contribution in [3.8, 4) is 11.3 Å². The molecule has 0 aliphatic carbocycles. The van der Waals surface area contributed by atoms with Crippen LogP contribution in [0.4, 0.5) is 29.5 Å². The minimum absolute atomic E-state index is 0.173. The Morgan fingerprint density at radius 3 is 2.53 bits per heavy atom. The predicted molar refractivity (Wildman–Crippen MR) is 147 cm³/mol. The molecule has 2 aromatic rings. The Balaban J connectivity index is 1.88. The lowest BCUT2D eigenvalue weighted by Crippen LogP contribution is -2.47. The first-order chi connectivity index (χ1) is 17.8. The lowest BCUT2D eigenvalue weighted by Gasteiger charge is -2.35. The van der Waals surface area contributed by atoms with Gasteiger partial charge in [0.1, 0.15) is 0 Å². The number of likely N-dealkylation sites (N-methyl/N-ethyl adjacent to an activating group) is 2. The zero-order valence-electron chi connectivity index (χ0n) is 22.1. The third-order valence-electron chi connectivity index (χ3n) is 6.00.